The van der Waals surface area contributed by atoms with E-state index in [2.05, 4.69) is 52.5 Å². The molecule has 6 nitrogen and oxygen atoms in total. The van der Waals surface area contributed by atoms with Crippen molar-refractivity contribution in [2.45, 2.75) is 69.8 Å². The second-order valence-electron chi connectivity index (χ2n) is 10.9. The van der Waals surface area contributed by atoms with E-state index >= 15 is 0 Å². The molecule has 0 saturated heterocycles. The summed E-state index contributed by atoms with van der Waals surface area (Å²) in [5, 5.41) is 16.7. The maximum absolute atomic E-state index is 13.5. The summed E-state index contributed by atoms with van der Waals surface area (Å²) >= 11 is 0. The number of fused-ring (bicyclic) bond motifs is 1. The van der Waals surface area contributed by atoms with Crippen LogP contribution in [0, 0.1) is 23.2 Å². The highest BCUT2D eigenvalue weighted by Gasteiger charge is 2.30. The van der Waals surface area contributed by atoms with E-state index in [1.807, 2.05) is 12.1 Å². The number of halogens is 3. The summed E-state index contributed by atoms with van der Waals surface area (Å²) < 4.78 is 41.8. The number of nitriles is 1. The average molecular weight is 537 g/mol. The minimum Gasteiger partial charge on any atom is -0.382 e. The molecular formula is C30H35F3N6. The number of rotatable bonds is 7. The third-order valence-electron chi connectivity index (χ3n) is 7.35. The number of hydrogen-bond donors (Lipinski definition) is 2. The third kappa shape index (κ3) is 7.04. The van der Waals surface area contributed by atoms with Crippen molar-refractivity contribution in [3.63, 3.8) is 0 Å². The Kier molecular flexibility index (Phi) is 8.42. The summed E-state index contributed by atoms with van der Waals surface area (Å²) in [5.41, 5.74) is 2.36. The highest BCUT2D eigenvalue weighted by molar-refractivity contribution is 5.94. The molecule has 0 unspecified atom stereocenters. The Morgan fingerprint density at radius 1 is 1.10 bits per heavy atom. The molecule has 206 valence electrons. The van der Waals surface area contributed by atoms with Gasteiger partial charge in [-0.3, -0.25) is 4.98 Å². The fourth-order valence-corrected chi connectivity index (χ4v) is 5.03. The zero-order valence-electron chi connectivity index (χ0n) is 22.9. The van der Waals surface area contributed by atoms with E-state index in [0.717, 1.165) is 36.8 Å². The van der Waals surface area contributed by atoms with Crippen molar-refractivity contribution in [3.05, 3.63) is 54.0 Å². The highest BCUT2D eigenvalue weighted by atomic mass is 19.4. The molecule has 9 heteroatoms. The van der Waals surface area contributed by atoms with Gasteiger partial charge in [0.15, 0.2) is 0 Å². The monoisotopic (exact) mass is 536 g/mol. The van der Waals surface area contributed by atoms with Crippen LogP contribution < -0.4 is 10.6 Å². The molecule has 3 aromatic rings. The Bertz CT molecular complexity index is 1380. The molecule has 0 spiro atoms. The van der Waals surface area contributed by atoms with Gasteiger partial charge in [-0.1, -0.05) is 12.0 Å². The largest absolute Gasteiger partial charge is 0.406 e. The normalized spacial score (nSPS) is 17.9. The topological polar surface area (TPSA) is 68.9 Å². The highest BCUT2D eigenvalue weighted by Crippen LogP contribution is 2.32. The van der Waals surface area contributed by atoms with Crippen LogP contribution in [0.2, 0.25) is 0 Å². The summed E-state index contributed by atoms with van der Waals surface area (Å²) in [4.78, 5) is 6.60. The standard InChI is InChI=1S/C30H35F3N6/c1-29(2,19-34)28-15-12-22(18-36-28)35-16-6-7-24-17-25-26(37-21-10-13-23(14-11-21)38(3)4)8-5-9-27(25)39(24)20-30(31,32)33/h5,8-9,12,15,17-18,21,23,35,37H,10-11,13-14,16,20H2,1-4H3. The fraction of sp³-hybridized carbons (Fsp3) is 0.467. The fourth-order valence-electron chi connectivity index (χ4n) is 5.03. The van der Waals surface area contributed by atoms with E-state index < -0.39 is 18.1 Å². The molecule has 4 rings (SSSR count). The lowest BCUT2D eigenvalue weighted by molar-refractivity contribution is -0.140. The summed E-state index contributed by atoms with van der Waals surface area (Å²) in [6, 6.07) is 13.9. The first-order valence-corrected chi connectivity index (χ1v) is 13.2. The Morgan fingerprint density at radius 3 is 2.46 bits per heavy atom. The number of hydrogen-bond acceptors (Lipinski definition) is 5. The van der Waals surface area contributed by atoms with Crippen LogP contribution in [0.15, 0.2) is 42.6 Å². The van der Waals surface area contributed by atoms with Gasteiger partial charge >= 0.3 is 6.18 Å². The lowest BCUT2D eigenvalue weighted by Gasteiger charge is -2.33. The third-order valence-corrected chi connectivity index (χ3v) is 7.35. The van der Waals surface area contributed by atoms with Crippen molar-refractivity contribution >= 4 is 22.3 Å². The number of pyridine rings is 1. The Balaban J connectivity index is 1.53. The number of anilines is 2. The molecule has 1 aliphatic carbocycles. The predicted molar refractivity (Wildman–Crippen MR) is 150 cm³/mol. The minimum absolute atomic E-state index is 0.233. The van der Waals surface area contributed by atoms with E-state index in [0.29, 0.717) is 28.6 Å². The van der Waals surface area contributed by atoms with Crippen molar-refractivity contribution in [1.82, 2.24) is 14.5 Å². The maximum Gasteiger partial charge on any atom is 0.406 e. The van der Waals surface area contributed by atoms with Crippen molar-refractivity contribution < 1.29 is 13.2 Å². The van der Waals surface area contributed by atoms with Gasteiger partial charge in [-0.2, -0.15) is 18.4 Å². The first-order valence-electron chi connectivity index (χ1n) is 13.2. The molecule has 1 aliphatic rings. The zero-order valence-corrected chi connectivity index (χ0v) is 22.9. The van der Waals surface area contributed by atoms with Crippen LogP contribution in [0.3, 0.4) is 0 Å². The molecule has 0 amide bonds. The molecule has 1 saturated carbocycles. The molecular weight excluding hydrogens is 501 g/mol. The quantitative estimate of drug-likeness (QED) is 0.355. The molecule has 2 N–H and O–H groups in total. The van der Waals surface area contributed by atoms with Gasteiger partial charge in [0, 0.05) is 23.2 Å². The Hall–Kier alpha value is -3.69. The number of nitrogens with one attached hydrogen (secondary N) is 2. The number of benzene rings is 1. The van der Waals surface area contributed by atoms with E-state index in [9.17, 15) is 18.4 Å². The number of nitrogens with zero attached hydrogens (tertiary/aromatic N) is 4. The second-order valence-corrected chi connectivity index (χ2v) is 10.9. The van der Waals surface area contributed by atoms with Gasteiger partial charge in [-0.15, -0.1) is 0 Å². The van der Waals surface area contributed by atoms with Gasteiger partial charge in [0.05, 0.1) is 46.8 Å². The van der Waals surface area contributed by atoms with Crippen molar-refractivity contribution in [1.29, 1.82) is 5.26 Å². The second kappa shape index (κ2) is 11.6. The van der Waals surface area contributed by atoms with Crippen molar-refractivity contribution in [2.75, 3.05) is 31.3 Å². The predicted octanol–water partition coefficient (Wildman–Crippen LogP) is 6.15. The number of alkyl halides is 3. The van der Waals surface area contributed by atoms with Gasteiger partial charge < -0.3 is 20.1 Å². The Labute approximate surface area is 228 Å². The molecule has 0 aliphatic heterocycles. The summed E-state index contributed by atoms with van der Waals surface area (Å²) in [6.07, 6.45) is 1.47. The SMILES string of the molecule is CN(C)C1CCC(Nc2cccc3c2cc(C#CCNc2ccc(C(C)(C)C#N)nc2)n3CC(F)(F)F)CC1. The first-order chi connectivity index (χ1) is 18.5. The van der Waals surface area contributed by atoms with Crippen LogP contribution in [0.1, 0.15) is 50.9 Å². The van der Waals surface area contributed by atoms with Crippen LogP contribution in [0.25, 0.3) is 10.9 Å². The molecule has 0 radical (unpaired) electrons. The van der Waals surface area contributed by atoms with Crippen LogP contribution in [-0.2, 0) is 12.0 Å². The maximum atomic E-state index is 13.5. The van der Waals surface area contributed by atoms with Crippen LogP contribution in [0.4, 0.5) is 24.5 Å². The number of aromatic nitrogens is 2. The van der Waals surface area contributed by atoms with Crippen LogP contribution in [-0.4, -0.2) is 53.4 Å². The molecule has 2 heterocycles. The van der Waals surface area contributed by atoms with E-state index in [4.69, 9.17) is 0 Å². The summed E-state index contributed by atoms with van der Waals surface area (Å²) in [6.45, 7) is 2.72. The van der Waals surface area contributed by atoms with Gasteiger partial charge in [0.1, 0.15) is 6.54 Å². The van der Waals surface area contributed by atoms with Crippen molar-refractivity contribution in [3.8, 4) is 17.9 Å². The molecule has 0 bridgehead atoms. The summed E-state index contributed by atoms with van der Waals surface area (Å²) in [5.74, 6) is 5.90. The first kappa shape index (κ1) is 28.3. The molecule has 2 aromatic heterocycles. The minimum atomic E-state index is -4.38. The molecule has 39 heavy (non-hydrogen) atoms. The molecule has 0 atom stereocenters. The van der Waals surface area contributed by atoms with Gasteiger partial charge in [-0.05, 0) is 89.9 Å². The average Bonchev–Trinajstić information content (AvgIpc) is 3.24. The summed E-state index contributed by atoms with van der Waals surface area (Å²) in [7, 11) is 4.20. The van der Waals surface area contributed by atoms with Gasteiger partial charge in [-0.25, -0.2) is 0 Å². The zero-order chi connectivity index (χ0) is 28.2. The van der Waals surface area contributed by atoms with Gasteiger partial charge in [0.2, 0.25) is 0 Å². The van der Waals surface area contributed by atoms with Crippen LogP contribution in [0.5, 0.6) is 0 Å². The lowest BCUT2D eigenvalue weighted by atomic mass is 9.90. The van der Waals surface area contributed by atoms with E-state index in [1.54, 1.807) is 44.3 Å². The van der Waals surface area contributed by atoms with E-state index in [1.165, 1.54) is 4.57 Å². The van der Waals surface area contributed by atoms with Crippen molar-refractivity contribution in [2.24, 2.45) is 0 Å². The Morgan fingerprint density at radius 2 is 1.85 bits per heavy atom. The van der Waals surface area contributed by atoms with E-state index in [-0.39, 0.29) is 12.6 Å². The molecule has 1 aromatic carbocycles. The van der Waals surface area contributed by atoms with Crippen LogP contribution >= 0.6 is 0 Å². The molecule has 1 fully saturated rings. The van der Waals surface area contributed by atoms with Gasteiger partial charge in [0.25, 0.3) is 0 Å². The lowest BCUT2D eigenvalue weighted by Crippen LogP contribution is -2.36. The smallest absolute Gasteiger partial charge is 0.382 e.